The molecule has 0 amide bonds. The molecule has 80 valence electrons. The lowest BCUT2D eigenvalue weighted by Gasteiger charge is -2.20. The van der Waals surface area contributed by atoms with Crippen molar-refractivity contribution in [2.24, 2.45) is 0 Å². The minimum absolute atomic E-state index is 0.245. The molecule has 1 aromatic rings. The van der Waals surface area contributed by atoms with Crippen LogP contribution in [-0.4, -0.2) is 21.6 Å². The lowest BCUT2D eigenvalue weighted by molar-refractivity contribution is 0.414. The number of hydrogen-bond acceptors (Lipinski definition) is 2. The number of unbranched alkanes of at least 4 members (excludes halogenated alkanes) is 1. The summed E-state index contributed by atoms with van der Waals surface area (Å²) in [5.41, 5.74) is 0.245. The third-order valence-corrected chi connectivity index (χ3v) is 2.06. The molecule has 0 aliphatic carbocycles. The Bertz CT molecular complexity index is 234. The zero-order chi connectivity index (χ0) is 10.4. The monoisotopic (exact) mass is 195 g/mol. The van der Waals surface area contributed by atoms with E-state index >= 15 is 0 Å². The topological polar surface area (TPSA) is 29.9 Å². The van der Waals surface area contributed by atoms with Crippen LogP contribution in [0.1, 0.15) is 33.6 Å². The fourth-order valence-corrected chi connectivity index (χ4v) is 1.30. The van der Waals surface area contributed by atoms with Gasteiger partial charge in [0.2, 0.25) is 0 Å². The van der Waals surface area contributed by atoms with Crippen LogP contribution in [0, 0.1) is 0 Å². The highest BCUT2D eigenvalue weighted by molar-refractivity contribution is 4.74. The molecule has 0 saturated heterocycles. The minimum atomic E-state index is 0.245. The maximum Gasteiger partial charge on any atom is 0.0945 e. The second kappa shape index (κ2) is 5.15. The molecule has 0 spiro atoms. The van der Waals surface area contributed by atoms with Gasteiger partial charge in [0.1, 0.15) is 0 Å². The van der Waals surface area contributed by atoms with Crippen LogP contribution >= 0.6 is 0 Å². The van der Waals surface area contributed by atoms with E-state index < -0.39 is 0 Å². The molecule has 0 radical (unpaired) electrons. The van der Waals surface area contributed by atoms with E-state index in [4.69, 9.17) is 0 Å². The first kappa shape index (κ1) is 11.2. The van der Waals surface area contributed by atoms with E-state index in [1.807, 2.05) is 18.7 Å². The summed E-state index contributed by atoms with van der Waals surface area (Å²) in [6, 6.07) is 0. The Balaban J connectivity index is 2.00. The molecule has 0 unspecified atom stereocenters. The van der Waals surface area contributed by atoms with E-state index in [-0.39, 0.29) is 5.54 Å². The van der Waals surface area contributed by atoms with Crippen molar-refractivity contribution in [2.75, 3.05) is 6.54 Å². The van der Waals surface area contributed by atoms with E-state index in [0.717, 1.165) is 13.1 Å². The van der Waals surface area contributed by atoms with Crippen LogP contribution in [0.5, 0.6) is 0 Å². The van der Waals surface area contributed by atoms with Crippen molar-refractivity contribution in [1.29, 1.82) is 0 Å². The number of imidazole rings is 1. The summed E-state index contributed by atoms with van der Waals surface area (Å²) >= 11 is 0. The lowest BCUT2D eigenvalue weighted by Crippen LogP contribution is -2.36. The Kier molecular flexibility index (Phi) is 4.14. The van der Waals surface area contributed by atoms with Gasteiger partial charge in [-0.15, -0.1) is 0 Å². The van der Waals surface area contributed by atoms with Gasteiger partial charge in [0.25, 0.3) is 0 Å². The van der Waals surface area contributed by atoms with Gasteiger partial charge in [0.15, 0.2) is 0 Å². The van der Waals surface area contributed by atoms with Crippen molar-refractivity contribution in [3.63, 3.8) is 0 Å². The van der Waals surface area contributed by atoms with Crippen molar-refractivity contribution < 1.29 is 0 Å². The molecule has 1 N–H and O–H groups in total. The summed E-state index contributed by atoms with van der Waals surface area (Å²) in [5.74, 6) is 0. The van der Waals surface area contributed by atoms with Crippen LogP contribution in [0.15, 0.2) is 18.7 Å². The van der Waals surface area contributed by atoms with E-state index in [1.54, 1.807) is 0 Å². The zero-order valence-corrected chi connectivity index (χ0v) is 9.45. The molecule has 0 saturated carbocycles. The number of rotatable bonds is 5. The molecule has 0 fully saturated rings. The van der Waals surface area contributed by atoms with Crippen LogP contribution in [0.25, 0.3) is 0 Å². The standard InChI is InChI=1S/C11H21N3/c1-11(2,3)13-6-4-5-8-14-9-7-12-10-14/h7,9-10,13H,4-6,8H2,1-3H3. The molecule has 1 heterocycles. The largest absolute Gasteiger partial charge is 0.337 e. The minimum Gasteiger partial charge on any atom is -0.337 e. The smallest absolute Gasteiger partial charge is 0.0945 e. The highest BCUT2D eigenvalue weighted by Gasteiger charge is 2.06. The summed E-state index contributed by atoms with van der Waals surface area (Å²) in [6.45, 7) is 8.76. The van der Waals surface area contributed by atoms with Crippen LogP contribution in [0.3, 0.4) is 0 Å². The molecule has 14 heavy (non-hydrogen) atoms. The van der Waals surface area contributed by atoms with Gasteiger partial charge >= 0.3 is 0 Å². The van der Waals surface area contributed by atoms with Gasteiger partial charge in [-0.05, 0) is 40.2 Å². The van der Waals surface area contributed by atoms with Gasteiger partial charge < -0.3 is 9.88 Å². The Morgan fingerprint density at radius 2 is 2.07 bits per heavy atom. The quantitative estimate of drug-likeness (QED) is 0.729. The molecular formula is C11H21N3. The zero-order valence-electron chi connectivity index (χ0n) is 9.45. The molecule has 0 aromatic carbocycles. The molecule has 0 atom stereocenters. The fourth-order valence-electron chi connectivity index (χ4n) is 1.30. The molecule has 0 bridgehead atoms. The second-order valence-electron chi connectivity index (χ2n) is 4.68. The third kappa shape index (κ3) is 5.02. The maximum absolute atomic E-state index is 4.01. The summed E-state index contributed by atoms with van der Waals surface area (Å²) in [5, 5.41) is 3.48. The van der Waals surface area contributed by atoms with Crippen LogP contribution in [0.4, 0.5) is 0 Å². The van der Waals surface area contributed by atoms with Crippen molar-refractivity contribution in [2.45, 2.75) is 45.7 Å². The SMILES string of the molecule is CC(C)(C)NCCCCn1ccnc1. The van der Waals surface area contributed by atoms with E-state index in [1.165, 1.54) is 12.8 Å². The predicted octanol–water partition coefficient (Wildman–Crippen LogP) is 2.05. The maximum atomic E-state index is 4.01. The van der Waals surface area contributed by atoms with Crippen molar-refractivity contribution >= 4 is 0 Å². The molecule has 0 aliphatic heterocycles. The molecule has 3 heteroatoms. The third-order valence-electron chi connectivity index (χ3n) is 2.06. The lowest BCUT2D eigenvalue weighted by atomic mass is 10.1. The number of aromatic nitrogens is 2. The van der Waals surface area contributed by atoms with Crippen molar-refractivity contribution in [1.82, 2.24) is 14.9 Å². The Hall–Kier alpha value is -0.830. The van der Waals surface area contributed by atoms with E-state index in [9.17, 15) is 0 Å². The average Bonchev–Trinajstić information content (AvgIpc) is 2.54. The predicted molar refractivity (Wildman–Crippen MR) is 59.2 cm³/mol. The first-order valence-corrected chi connectivity index (χ1v) is 5.29. The highest BCUT2D eigenvalue weighted by Crippen LogP contribution is 2.00. The van der Waals surface area contributed by atoms with Gasteiger partial charge in [-0.1, -0.05) is 0 Å². The number of nitrogens with zero attached hydrogens (tertiary/aromatic N) is 2. The van der Waals surface area contributed by atoms with Crippen LogP contribution in [-0.2, 0) is 6.54 Å². The van der Waals surface area contributed by atoms with Gasteiger partial charge in [-0.3, -0.25) is 0 Å². The van der Waals surface area contributed by atoms with Gasteiger partial charge in [0, 0.05) is 24.5 Å². The van der Waals surface area contributed by atoms with E-state index in [2.05, 4.69) is 35.6 Å². The second-order valence-corrected chi connectivity index (χ2v) is 4.68. The summed E-state index contributed by atoms with van der Waals surface area (Å²) in [6.07, 6.45) is 8.14. The molecular weight excluding hydrogens is 174 g/mol. The highest BCUT2D eigenvalue weighted by atomic mass is 15.0. The van der Waals surface area contributed by atoms with Gasteiger partial charge in [0.05, 0.1) is 6.33 Å². The number of nitrogens with one attached hydrogen (secondary N) is 1. The van der Waals surface area contributed by atoms with Gasteiger partial charge in [-0.2, -0.15) is 0 Å². The fraction of sp³-hybridized carbons (Fsp3) is 0.727. The average molecular weight is 195 g/mol. The summed E-state index contributed by atoms with van der Waals surface area (Å²) in [7, 11) is 0. The van der Waals surface area contributed by atoms with Crippen LogP contribution < -0.4 is 5.32 Å². The summed E-state index contributed by atoms with van der Waals surface area (Å²) < 4.78 is 2.12. The normalized spacial score (nSPS) is 11.9. The van der Waals surface area contributed by atoms with E-state index in [0.29, 0.717) is 0 Å². The van der Waals surface area contributed by atoms with Crippen molar-refractivity contribution in [3.05, 3.63) is 18.7 Å². The molecule has 1 aromatic heterocycles. The Morgan fingerprint density at radius 3 is 2.64 bits per heavy atom. The molecule has 1 rings (SSSR count). The first-order valence-electron chi connectivity index (χ1n) is 5.29. The first-order chi connectivity index (χ1) is 6.58. The Morgan fingerprint density at radius 1 is 1.29 bits per heavy atom. The van der Waals surface area contributed by atoms with Crippen LogP contribution in [0.2, 0.25) is 0 Å². The summed E-state index contributed by atoms with van der Waals surface area (Å²) in [4.78, 5) is 4.01. The van der Waals surface area contributed by atoms with Gasteiger partial charge in [-0.25, -0.2) is 4.98 Å². The van der Waals surface area contributed by atoms with Crippen molar-refractivity contribution in [3.8, 4) is 0 Å². The number of aryl methyl sites for hydroxylation is 1. The number of hydrogen-bond donors (Lipinski definition) is 1. The Labute approximate surface area is 86.5 Å². The molecule has 0 aliphatic rings. The molecule has 3 nitrogen and oxygen atoms in total.